The number of hydrogen-bond acceptors (Lipinski definition) is 3. The average Bonchev–Trinajstić information content (AvgIpc) is 2.42. The maximum absolute atomic E-state index is 14.8. The van der Waals surface area contributed by atoms with Gasteiger partial charge in [-0.05, 0) is 33.6 Å². The third kappa shape index (κ3) is 2.06. The maximum Gasteiger partial charge on any atom is 0.160 e. The molecule has 2 unspecified atom stereocenters. The van der Waals surface area contributed by atoms with Crippen molar-refractivity contribution in [3.8, 4) is 0 Å². The molecule has 3 nitrogen and oxygen atoms in total. The monoisotopic (exact) mass is 333 g/mol. The van der Waals surface area contributed by atoms with Gasteiger partial charge in [-0.25, -0.2) is 8.78 Å². The van der Waals surface area contributed by atoms with Crippen LogP contribution in [-0.2, 0) is 11.2 Å². The first-order chi connectivity index (χ1) is 9.05. The second-order valence-electron chi connectivity index (χ2n) is 5.05. The first-order valence-electron chi connectivity index (χ1n) is 6.17. The van der Waals surface area contributed by atoms with Gasteiger partial charge in [0.15, 0.2) is 5.67 Å². The van der Waals surface area contributed by atoms with Crippen LogP contribution in [0, 0.1) is 5.82 Å². The highest BCUT2D eigenvalue weighted by atomic mass is 79.9. The molecule has 1 fully saturated rings. The molecule has 2 heterocycles. The topological polar surface area (TPSA) is 32.7 Å². The molecular weight excluding hydrogens is 320 g/mol. The fourth-order valence-electron chi connectivity index (χ4n) is 2.90. The molecule has 1 aromatic rings. The molecule has 1 saturated heterocycles. The summed E-state index contributed by atoms with van der Waals surface area (Å²) < 4.78 is 34.1. The summed E-state index contributed by atoms with van der Waals surface area (Å²) in [6.07, 6.45) is 0.00750. The number of rotatable bonds is 1. The molecule has 0 aromatic heterocycles. The van der Waals surface area contributed by atoms with Crippen molar-refractivity contribution >= 4 is 21.6 Å². The van der Waals surface area contributed by atoms with E-state index in [9.17, 15) is 13.9 Å². The van der Waals surface area contributed by atoms with Crippen molar-refractivity contribution in [1.29, 1.82) is 0 Å². The molecule has 3 rings (SSSR count). The van der Waals surface area contributed by atoms with Crippen LogP contribution < -0.4 is 4.90 Å². The van der Waals surface area contributed by atoms with Gasteiger partial charge in [0.1, 0.15) is 5.82 Å². The normalized spacial score (nSPS) is 29.9. The molecule has 2 aliphatic heterocycles. The Morgan fingerprint density at radius 2 is 2.32 bits per heavy atom. The minimum Gasteiger partial charge on any atom is -0.393 e. The van der Waals surface area contributed by atoms with Crippen LogP contribution in [0.15, 0.2) is 16.6 Å². The maximum atomic E-state index is 14.8. The van der Waals surface area contributed by atoms with E-state index in [1.54, 1.807) is 6.07 Å². The molecule has 2 aliphatic rings. The number of ether oxygens (including phenoxy) is 1. The van der Waals surface area contributed by atoms with Crippen molar-refractivity contribution < 1.29 is 18.6 Å². The first kappa shape index (κ1) is 13.3. The largest absolute Gasteiger partial charge is 0.393 e. The van der Waals surface area contributed by atoms with Crippen molar-refractivity contribution in [3.05, 3.63) is 28.0 Å². The highest BCUT2D eigenvalue weighted by molar-refractivity contribution is 9.10. The van der Waals surface area contributed by atoms with E-state index in [1.165, 1.54) is 6.07 Å². The fraction of sp³-hybridized carbons (Fsp3) is 0.538. The number of hydrogen-bond donors (Lipinski definition) is 1. The predicted molar refractivity (Wildman–Crippen MR) is 70.7 cm³/mol. The number of benzene rings is 1. The van der Waals surface area contributed by atoms with Gasteiger partial charge in [0, 0.05) is 18.7 Å². The van der Waals surface area contributed by atoms with Crippen LogP contribution in [0.1, 0.15) is 5.56 Å². The number of anilines is 1. The summed E-state index contributed by atoms with van der Waals surface area (Å²) in [6.45, 7) is 0.702. The number of fused-ring (bicyclic) bond motifs is 3. The molecule has 104 valence electrons. The number of nitrogens with zero attached hydrogens (tertiary/aromatic N) is 1. The molecule has 6 heteroatoms. The van der Waals surface area contributed by atoms with E-state index in [4.69, 9.17) is 4.74 Å². The Morgan fingerprint density at radius 1 is 1.53 bits per heavy atom. The van der Waals surface area contributed by atoms with E-state index < -0.39 is 24.1 Å². The van der Waals surface area contributed by atoms with Gasteiger partial charge in [-0.2, -0.15) is 0 Å². The van der Waals surface area contributed by atoms with Gasteiger partial charge in [-0.15, -0.1) is 0 Å². The Hall–Kier alpha value is -0.720. The third-order valence-electron chi connectivity index (χ3n) is 3.90. The summed E-state index contributed by atoms with van der Waals surface area (Å²) >= 11 is 3.16. The van der Waals surface area contributed by atoms with Crippen LogP contribution in [0.2, 0.25) is 0 Å². The van der Waals surface area contributed by atoms with Crippen molar-refractivity contribution in [1.82, 2.24) is 0 Å². The number of aliphatic hydroxyl groups is 1. The van der Waals surface area contributed by atoms with E-state index in [2.05, 4.69) is 15.9 Å². The molecule has 0 bridgehead atoms. The minimum atomic E-state index is -1.78. The number of aliphatic hydroxyl groups excluding tert-OH is 1. The summed E-state index contributed by atoms with van der Waals surface area (Å²) in [7, 11) is 0. The van der Waals surface area contributed by atoms with Gasteiger partial charge < -0.3 is 14.7 Å². The van der Waals surface area contributed by atoms with E-state index in [-0.39, 0.29) is 13.0 Å². The molecule has 0 radical (unpaired) electrons. The molecule has 0 amide bonds. The number of morpholine rings is 1. The number of alkyl halides is 1. The van der Waals surface area contributed by atoms with Gasteiger partial charge in [0.25, 0.3) is 0 Å². The van der Waals surface area contributed by atoms with Gasteiger partial charge in [0.2, 0.25) is 0 Å². The molecule has 0 saturated carbocycles. The highest BCUT2D eigenvalue weighted by Gasteiger charge is 2.48. The van der Waals surface area contributed by atoms with Crippen molar-refractivity contribution in [2.45, 2.75) is 18.1 Å². The molecule has 1 N–H and O–H groups in total. The molecule has 0 spiro atoms. The second-order valence-corrected chi connectivity index (χ2v) is 5.90. The Kier molecular flexibility index (Phi) is 3.27. The molecule has 1 aromatic carbocycles. The van der Waals surface area contributed by atoms with Gasteiger partial charge in [0.05, 0.1) is 30.3 Å². The second kappa shape index (κ2) is 4.68. The summed E-state index contributed by atoms with van der Waals surface area (Å²) in [5, 5.41) is 9.38. The average molecular weight is 334 g/mol. The molecular formula is C13H14BrF2NO2. The first-order valence-corrected chi connectivity index (χ1v) is 6.96. The lowest BCUT2D eigenvalue weighted by Gasteiger charge is -2.48. The van der Waals surface area contributed by atoms with E-state index in [0.717, 1.165) is 5.69 Å². The standard InChI is InChI=1S/C13H14BrF2NO2/c14-9-4-11-8(3-10(9)15)5-13(16,7-18)12-6-19-2-1-17(11)12/h3-4,12,18H,1-2,5-7H2. The van der Waals surface area contributed by atoms with Crippen LogP contribution in [0.5, 0.6) is 0 Å². The zero-order chi connectivity index (χ0) is 13.6. The lowest BCUT2D eigenvalue weighted by molar-refractivity contribution is -0.0173. The zero-order valence-corrected chi connectivity index (χ0v) is 11.8. The lowest BCUT2D eigenvalue weighted by atomic mass is 9.83. The fourth-order valence-corrected chi connectivity index (χ4v) is 3.23. The van der Waals surface area contributed by atoms with Crippen LogP contribution in [-0.4, -0.2) is 43.2 Å². The molecule has 19 heavy (non-hydrogen) atoms. The van der Waals surface area contributed by atoms with Crippen molar-refractivity contribution in [2.75, 3.05) is 31.3 Å². The Bertz CT molecular complexity index is 514. The third-order valence-corrected chi connectivity index (χ3v) is 4.51. The molecule has 2 atom stereocenters. The predicted octanol–water partition coefficient (Wildman–Crippen LogP) is 2.05. The van der Waals surface area contributed by atoms with E-state index in [0.29, 0.717) is 23.2 Å². The zero-order valence-electron chi connectivity index (χ0n) is 10.2. The smallest absolute Gasteiger partial charge is 0.160 e. The Morgan fingerprint density at radius 3 is 3.05 bits per heavy atom. The van der Waals surface area contributed by atoms with E-state index >= 15 is 0 Å². The van der Waals surface area contributed by atoms with Gasteiger partial charge >= 0.3 is 0 Å². The van der Waals surface area contributed by atoms with Gasteiger partial charge in [-0.1, -0.05) is 0 Å². The highest BCUT2D eigenvalue weighted by Crippen LogP contribution is 2.41. The Labute approximate surface area is 118 Å². The SMILES string of the molecule is OCC1(F)Cc2cc(F)c(Br)cc2N2CCOCC21. The van der Waals surface area contributed by atoms with Crippen LogP contribution >= 0.6 is 15.9 Å². The summed E-state index contributed by atoms with van der Waals surface area (Å²) in [5.41, 5.74) is -0.369. The molecule has 0 aliphatic carbocycles. The summed E-state index contributed by atoms with van der Waals surface area (Å²) in [6, 6.07) is 2.51. The minimum absolute atomic E-state index is 0.00750. The van der Waals surface area contributed by atoms with Crippen LogP contribution in [0.4, 0.5) is 14.5 Å². The Balaban J connectivity index is 2.11. The summed E-state index contributed by atoms with van der Waals surface area (Å²) in [4.78, 5) is 1.88. The van der Waals surface area contributed by atoms with Crippen molar-refractivity contribution in [3.63, 3.8) is 0 Å². The number of halogens is 3. The quantitative estimate of drug-likeness (QED) is 0.853. The van der Waals surface area contributed by atoms with Crippen molar-refractivity contribution in [2.24, 2.45) is 0 Å². The lowest BCUT2D eigenvalue weighted by Crippen LogP contribution is -2.62. The summed E-state index contributed by atoms with van der Waals surface area (Å²) in [5.74, 6) is -0.411. The van der Waals surface area contributed by atoms with Crippen LogP contribution in [0.3, 0.4) is 0 Å². The van der Waals surface area contributed by atoms with Gasteiger partial charge in [-0.3, -0.25) is 0 Å². The van der Waals surface area contributed by atoms with E-state index in [1.807, 2.05) is 4.90 Å². The van der Waals surface area contributed by atoms with Crippen LogP contribution in [0.25, 0.3) is 0 Å².